The van der Waals surface area contributed by atoms with Gasteiger partial charge in [-0.2, -0.15) is 0 Å². The van der Waals surface area contributed by atoms with Crippen LogP contribution in [-0.4, -0.2) is 24.4 Å². The minimum absolute atomic E-state index is 0.370. The highest BCUT2D eigenvalue weighted by atomic mass is 16.3. The highest BCUT2D eigenvalue weighted by Gasteiger charge is 1.95. The second-order valence-corrected chi connectivity index (χ2v) is 5.41. The number of nitrogens with one attached hydrogen (secondary N) is 2. The van der Waals surface area contributed by atoms with Gasteiger partial charge in [-0.05, 0) is 38.4 Å². The van der Waals surface area contributed by atoms with Crippen molar-refractivity contribution in [2.24, 2.45) is 0 Å². The molecule has 0 aliphatic carbocycles. The molecule has 3 N–H and O–H groups in total. The standard InChI is InChI=1S/C17H30N2O/c1-16(20)19-14-10-5-3-2-4-9-13-18-15-17-11-7-6-8-12-17/h6-8,11-12,16,18-20H,2-5,9-10,13-15H2,1H3. The molecule has 0 aliphatic heterocycles. The molecule has 0 radical (unpaired) electrons. The predicted molar refractivity (Wildman–Crippen MR) is 85.5 cm³/mol. The van der Waals surface area contributed by atoms with Crippen molar-refractivity contribution < 1.29 is 5.11 Å². The molecule has 0 saturated heterocycles. The van der Waals surface area contributed by atoms with Gasteiger partial charge in [-0.1, -0.05) is 56.0 Å². The summed E-state index contributed by atoms with van der Waals surface area (Å²) in [4.78, 5) is 0. The lowest BCUT2D eigenvalue weighted by atomic mass is 10.1. The van der Waals surface area contributed by atoms with Gasteiger partial charge in [-0.15, -0.1) is 0 Å². The van der Waals surface area contributed by atoms with Gasteiger partial charge in [0.1, 0.15) is 6.23 Å². The second-order valence-electron chi connectivity index (χ2n) is 5.41. The molecule has 1 unspecified atom stereocenters. The Morgan fingerprint density at radius 3 is 2.15 bits per heavy atom. The van der Waals surface area contributed by atoms with Crippen molar-refractivity contribution >= 4 is 0 Å². The van der Waals surface area contributed by atoms with Crippen LogP contribution in [0.3, 0.4) is 0 Å². The van der Waals surface area contributed by atoms with Crippen LogP contribution in [0.4, 0.5) is 0 Å². The highest BCUT2D eigenvalue weighted by molar-refractivity contribution is 5.14. The summed E-state index contributed by atoms with van der Waals surface area (Å²) in [6.07, 6.45) is 7.26. The molecule has 1 aromatic carbocycles. The molecule has 0 fully saturated rings. The molecule has 3 nitrogen and oxygen atoms in total. The van der Waals surface area contributed by atoms with Crippen LogP contribution in [0.5, 0.6) is 0 Å². The van der Waals surface area contributed by atoms with Crippen molar-refractivity contribution in [1.82, 2.24) is 10.6 Å². The largest absolute Gasteiger partial charge is 0.379 e. The van der Waals surface area contributed by atoms with E-state index in [0.29, 0.717) is 0 Å². The summed E-state index contributed by atoms with van der Waals surface area (Å²) in [7, 11) is 0. The Bertz CT molecular complexity index is 314. The first-order chi connectivity index (χ1) is 9.79. The summed E-state index contributed by atoms with van der Waals surface area (Å²) in [6.45, 7) is 4.78. The molecule has 1 rings (SSSR count). The van der Waals surface area contributed by atoms with Gasteiger partial charge in [0, 0.05) is 6.54 Å². The third-order valence-electron chi connectivity index (χ3n) is 3.39. The molecule has 0 aliphatic rings. The number of aliphatic hydroxyl groups excluding tert-OH is 1. The van der Waals surface area contributed by atoms with E-state index in [4.69, 9.17) is 5.11 Å². The maximum absolute atomic E-state index is 9.04. The van der Waals surface area contributed by atoms with Gasteiger partial charge in [0.15, 0.2) is 0 Å². The zero-order valence-electron chi connectivity index (χ0n) is 12.8. The predicted octanol–water partition coefficient (Wildman–Crippen LogP) is 3.04. The highest BCUT2D eigenvalue weighted by Crippen LogP contribution is 2.05. The maximum atomic E-state index is 9.04. The van der Waals surface area contributed by atoms with Crippen molar-refractivity contribution in [1.29, 1.82) is 0 Å². The van der Waals surface area contributed by atoms with Gasteiger partial charge in [-0.25, -0.2) is 0 Å². The molecule has 3 heteroatoms. The lowest BCUT2D eigenvalue weighted by molar-refractivity contribution is 0.156. The van der Waals surface area contributed by atoms with E-state index < -0.39 is 0 Å². The molecule has 0 aromatic heterocycles. The Labute approximate surface area is 123 Å². The van der Waals surface area contributed by atoms with Crippen LogP contribution in [0.1, 0.15) is 51.0 Å². The van der Waals surface area contributed by atoms with E-state index in [-0.39, 0.29) is 6.23 Å². The Kier molecular flexibility index (Phi) is 10.2. The molecule has 0 amide bonds. The third kappa shape index (κ3) is 9.96. The summed E-state index contributed by atoms with van der Waals surface area (Å²) < 4.78 is 0. The molecule has 0 saturated carbocycles. The molecule has 0 heterocycles. The average Bonchev–Trinajstić information content (AvgIpc) is 2.45. The first kappa shape index (κ1) is 17.2. The van der Waals surface area contributed by atoms with E-state index in [0.717, 1.165) is 26.1 Å². The van der Waals surface area contributed by atoms with Crippen LogP contribution in [-0.2, 0) is 6.54 Å². The van der Waals surface area contributed by atoms with Crippen LogP contribution in [0.25, 0.3) is 0 Å². The minimum Gasteiger partial charge on any atom is -0.379 e. The van der Waals surface area contributed by atoms with E-state index in [1.165, 1.54) is 37.7 Å². The van der Waals surface area contributed by atoms with Gasteiger partial charge < -0.3 is 10.4 Å². The Hall–Kier alpha value is -0.900. The number of hydrogen-bond acceptors (Lipinski definition) is 3. The van der Waals surface area contributed by atoms with Crippen molar-refractivity contribution in [3.8, 4) is 0 Å². The van der Waals surface area contributed by atoms with E-state index in [1.54, 1.807) is 6.92 Å². The number of hydrogen-bond donors (Lipinski definition) is 3. The van der Waals surface area contributed by atoms with Gasteiger partial charge in [0.2, 0.25) is 0 Å². The molecule has 1 atom stereocenters. The maximum Gasteiger partial charge on any atom is 0.102 e. The first-order valence-corrected chi connectivity index (χ1v) is 7.95. The fourth-order valence-corrected chi connectivity index (χ4v) is 2.22. The Balaban J connectivity index is 1.79. The zero-order valence-corrected chi connectivity index (χ0v) is 12.8. The van der Waals surface area contributed by atoms with Crippen molar-refractivity contribution in [2.45, 2.75) is 58.2 Å². The van der Waals surface area contributed by atoms with E-state index in [2.05, 4.69) is 41.0 Å². The molecular formula is C17H30N2O. The van der Waals surface area contributed by atoms with Gasteiger partial charge in [0.25, 0.3) is 0 Å². The zero-order chi connectivity index (χ0) is 14.5. The fraction of sp³-hybridized carbons (Fsp3) is 0.647. The van der Waals surface area contributed by atoms with E-state index >= 15 is 0 Å². The Morgan fingerprint density at radius 1 is 0.900 bits per heavy atom. The summed E-state index contributed by atoms with van der Waals surface area (Å²) in [5, 5.41) is 15.6. The lowest BCUT2D eigenvalue weighted by Crippen LogP contribution is -2.26. The van der Waals surface area contributed by atoms with Crippen LogP contribution >= 0.6 is 0 Å². The third-order valence-corrected chi connectivity index (χ3v) is 3.39. The Morgan fingerprint density at radius 2 is 1.50 bits per heavy atom. The molecular weight excluding hydrogens is 248 g/mol. The smallest absolute Gasteiger partial charge is 0.102 e. The number of benzene rings is 1. The van der Waals surface area contributed by atoms with Crippen LogP contribution in [0.15, 0.2) is 30.3 Å². The van der Waals surface area contributed by atoms with Crippen molar-refractivity contribution in [3.05, 3.63) is 35.9 Å². The van der Waals surface area contributed by atoms with Crippen molar-refractivity contribution in [3.63, 3.8) is 0 Å². The SMILES string of the molecule is CC(O)NCCCCCCCCNCc1ccccc1. The monoisotopic (exact) mass is 278 g/mol. The average molecular weight is 278 g/mol. The lowest BCUT2D eigenvalue weighted by Gasteiger charge is -2.07. The summed E-state index contributed by atoms with van der Waals surface area (Å²) >= 11 is 0. The second kappa shape index (κ2) is 11.9. The first-order valence-electron chi connectivity index (χ1n) is 7.95. The molecule has 20 heavy (non-hydrogen) atoms. The number of unbranched alkanes of at least 4 members (excludes halogenated alkanes) is 5. The van der Waals surface area contributed by atoms with Crippen molar-refractivity contribution in [2.75, 3.05) is 13.1 Å². The summed E-state index contributed by atoms with van der Waals surface area (Å²) in [5.74, 6) is 0. The topological polar surface area (TPSA) is 44.3 Å². The summed E-state index contributed by atoms with van der Waals surface area (Å²) in [6, 6.07) is 10.6. The minimum atomic E-state index is -0.370. The van der Waals surface area contributed by atoms with Gasteiger partial charge >= 0.3 is 0 Å². The van der Waals surface area contributed by atoms with Gasteiger partial charge in [0.05, 0.1) is 0 Å². The van der Waals surface area contributed by atoms with Crippen LogP contribution in [0, 0.1) is 0 Å². The van der Waals surface area contributed by atoms with Crippen LogP contribution < -0.4 is 10.6 Å². The molecule has 1 aromatic rings. The number of rotatable bonds is 12. The van der Waals surface area contributed by atoms with E-state index in [1.807, 2.05) is 0 Å². The van der Waals surface area contributed by atoms with Crippen LogP contribution in [0.2, 0.25) is 0 Å². The van der Waals surface area contributed by atoms with E-state index in [9.17, 15) is 0 Å². The molecule has 0 spiro atoms. The summed E-state index contributed by atoms with van der Waals surface area (Å²) in [5.41, 5.74) is 1.36. The normalized spacial score (nSPS) is 12.5. The number of aliphatic hydroxyl groups is 1. The molecule has 114 valence electrons. The molecule has 0 bridgehead atoms. The van der Waals surface area contributed by atoms with Gasteiger partial charge in [-0.3, -0.25) is 5.32 Å². The quantitative estimate of drug-likeness (QED) is 0.407. The fourth-order valence-electron chi connectivity index (χ4n) is 2.22.